The molecule has 25 heavy (non-hydrogen) atoms. The molecular weight excluding hydrogens is 344 g/mol. The summed E-state index contributed by atoms with van der Waals surface area (Å²) in [6.45, 7) is 1.72. The zero-order valence-electron chi connectivity index (χ0n) is 14.6. The van der Waals surface area contributed by atoms with E-state index in [9.17, 15) is 14.4 Å². The highest BCUT2D eigenvalue weighted by molar-refractivity contribution is 7.98. The molecule has 1 aromatic rings. The van der Waals surface area contributed by atoms with Crippen LogP contribution in [0.2, 0.25) is 0 Å². The highest BCUT2D eigenvalue weighted by atomic mass is 32.2. The molecule has 2 amide bonds. The summed E-state index contributed by atoms with van der Waals surface area (Å²) >= 11 is 1.54. The van der Waals surface area contributed by atoms with Crippen LogP contribution in [-0.4, -0.2) is 60.7 Å². The number of benzene rings is 1. The van der Waals surface area contributed by atoms with E-state index in [-0.39, 0.29) is 12.5 Å². The molecule has 2 unspecified atom stereocenters. The predicted molar refractivity (Wildman–Crippen MR) is 96.9 cm³/mol. The van der Waals surface area contributed by atoms with Crippen molar-refractivity contribution in [2.24, 2.45) is 0 Å². The van der Waals surface area contributed by atoms with E-state index in [2.05, 4.69) is 10.6 Å². The molecule has 0 fully saturated rings. The van der Waals surface area contributed by atoms with Crippen molar-refractivity contribution in [1.29, 1.82) is 0 Å². The molecule has 0 saturated heterocycles. The van der Waals surface area contributed by atoms with Gasteiger partial charge in [0.1, 0.15) is 6.04 Å². The second-order valence-corrected chi connectivity index (χ2v) is 6.52. The number of amides is 2. The van der Waals surface area contributed by atoms with Gasteiger partial charge in [-0.2, -0.15) is 11.8 Å². The van der Waals surface area contributed by atoms with Gasteiger partial charge in [0.05, 0.1) is 6.61 Å². The van der Waals surface area contributed by atoms with Crippen molar-refractivity contribution < 1.29 is 24.2 Å². The summed E-state index contributed by atoms with van der Waals surface area (Å²) in [6, 6.07) is 5.04. The maximum absolute atomic E-state index is 12.4. The van der Waals surface area contributed by atoms with Crippen molar-refractivity contribution in [3.63, 3.8) is 0 Å². The van der Waals surface area contributed by atoms with Crippen LogP contribution in [0.5, 0.6) is 0 Å². The molecule has 2 atom stereocenters. The second-order valence-electron chi connectivity index (χ2n) is 5.53. The van der Waals surface area contributed by atoms with Gasteiger partial charge in [0.2, 0.25) is 5.91 Å². The molecule has 0 aromatic heterocycles. The van der Waals surface area contributed by atoms with Gasteiger partial charge in [-0.25, -0.2) is 4.79 Å². The molecule has 0 aliphatic heterocycles. The summed E-state index contributed by atoms with van der Waals surface area (Å²) in [6.07, 6.45) is 2.28. The SMILES string of the molecule is COCC(NC(=O)C(CCSC)NC(=O)c1cccc(C)c1)C(=O)O. The number of carboxylic acids is 1. The van der Waals surface area contributed by atoms with Gasteiger partial charge >= 0.3 is 5.97 Å². The Morgan fingerprint density at radius 2 is 1.96 bits per heavy atom. The highest BCUT2D eigenvalue weighted by Gasteiger charge is 2.26. The third-order valence-corrected chi connectivity index (χ3v) is 4.10. The van der Waals surface area contributed by atoms with Gasteiger partial charge in [0.25, 0.3) is 5.91 Å². The number of ether oxygens (including phenoxy) is 1. The Labute approximate surface area is 151 Å². The topological polar surface area (TPSA) is 105 Å². The van der Waals surface area contributed by atoms with Gasteiger partial charge in [0, 0.05) is 12.7 Å². The quantitative estimate of drug-likeness (QED) is 0.570. The number of aliphatic carboxylic acids is 1. The number of carbonyl (C=O) groups excluding carboxylic acids is 2. The third-order valence-electron chi connectivity index (χ3n) is 3.46. The van der Waals surface area contributed by atoms with Crippen molar-refractivity contribution in [3.05, 3.63) is 35.4 Å². The minimum absolute atomic E-state index is 0.151. The predicted octanol–water partition coefficient (Wildman–Crippen LogP) is 1.06. The molecule has 0 heterocycles. The van der Waals surface area contributed by atoms with E-state index in [0.717, 1.165) is 5.56 Å². The maximum atomic E-state index is 12.4. The lowest BCUT2D eigenvalue weighted by Crippen LogP contribution is -2.53. The molecule has 8 heteroatoms. The van der Waals surface area contributed by atoms with Gasteiger partial charge in [-0.05, 0) is 37.5 Å². The number of rotatable bonds is 10. The van der Waals surface area contributed by atoms with Gasteiger partial charge in [-0.1, -0.05) is 17.7 Å². The minimum Gasteiger partial charge on any atom is -0.480 e. The van der Waals surface area contributed by atoms with Crippen LogP contribution in [0.4, 0.5) is 0 Å². The Morgan fingerprint density at radius 3 is 2.52 bits per heavy atom. The maximum Gasteiger partial charge on any atom is 0.328 e. The summed E-state index contributed by atoms with van der Waals surface area (Å²) in [4.78, 5) is 36.0. The summed E-state index contributed by atoms with van der Waals surface area (Å²) in [5.41, 5.74) is 1.39. The minimum atomic E-state index is -1.19. The molecule has 0 bridgehead atoms. The smallest absolute Gasteiger partial charge is 0.328 e. The zero-order valence-corrected chi connectivity index (χ0v) is 15.4. The molecule has 1 rings (SSSR count). The lowest BCUT2D eigenvalue weighted by atomic mass is 10.1. The van der Waals surface area contributed by atoms with Crippen LogP contribution < -0.4 is 10.6 Å². The van der Waals surface area contributed by atoms with E-state index < -0.39 is 24.0 Å². The molecule has 0 aliphatic carbocycles. The number of aryl methyl sites for hydroxylation is 1. The molecule has 7 nitrogen and oxygen atoms in total. The van der Waals surface area contributed by atoms with Gasteiger partial charge < -0.3 is 20.5 Å². The number of nitrogens with one attached hydrogen (secondary N) is 2. The average molecular weight is 368 g/mol. The van der Waals surface area contributed by atoms with Crippen LogP contribution >= 0.6 is 11.8 Å². The Balaban J connectivity index is 2.82. The first-order valence-corrected chi connectivity index (χ1v) is 9.17. The number of thioether (sulfide) groups is 1. The summed E-state index contributed by atoms with van der Waals surface area (Å²) in [5, 5.41) is 14.2. The highest BCUT2D eigenvalue weighted by Crippen LogP contribution is 2.07. The number of methoxy groups -OCH3 is 1. The largest absolute Gasteiger partial charge is 0.480 e. The summed E-state index contributed by atoms with van der Waals surface area (Å²) in [7, 11) is 1.35. The number of carboxylic acid groups (broad SMARTS) is 1. The van der Waals surface area contributed by atoms with Crippen LogP contribution in [0.1, 0.15) is 22.3 Å². The normalized spacial score (nSPS) is 12.9. The van der Waals surface area contributed by atoms with E-state index in [1.165, 1.54) is 18.9 Å². The van der Waals surface area contributed by atoms with Gasteiger partial charge in [-0.15, -0.1) is 0 Å². The van der Waals surface area contributed by atoms with Crippen molar-refractivity contribution in [2.75, 3.05) is 25.7 Å². The Hall–Kier alpha value is -2.06. The van der Waals surface area contributed by atoms with Gasteiger partial charge in [-0.3, -0.25) is 9.59 Å². The average Bonchev–Trinajstić information content (AvgIpc) is 2.57. The van der Waals surface area contributed by atoms with Crippen molar-refractivity contribution >= 4 is 29.5 Å². The molecular formula is C17H24N2O5S. The van der Waals surface area contributed by atoms with E-state index in [0.29, 0.717) is 17.7 Å². The van der Waals surface area contributed by atoms with E-state index in [4.69, 9.17) is 9.84 Å². The van der Waals surface area contributed by atoms with E-state index in [1.807, 2.05) is 19.2 Å². The van der Waals surface area contributed by atoms with Crippen molar-refractivity contribution in [1.82, 2.24) is 10.6 Å². The van der Waals surface area contributed by atoms with Crippen molar-refractivity contribution in [3.8, 4) is 0 Å². The van der Waals surface area contributed by atoms with Crippen LogP contribution in [0.3, 0.4) is 0 Å². The number of hydrogen-bond donors (Lipinski definition) is 3. The number of carbonyl (C=O) groups is 3. The van der Waals surface area contributed by atoms with Crippen LogP contribution in [0.25, 0.3) is 0 Å². The van der Waals surface area contributed by atoms with Crippen LogP contribution in [0, 0.1) is 6.92 Å². The van der Waals surface area contributed by atoms with E-state index in [1.54, 1.807) is 18.2 Å². The first kappa shape index (κ1) is 21.0. The molecule has 1 aromatic carbocycles. The third kappa shape index (κ3) is 7.15. The first-order chi connectivity index (χ1) is 11.9. The Kier molecular flexibility index (Phi) is 9.01. The van der Waals surface area contributed by atoms with E-state index >= 15 is 0 Å². The summed E-state index contributed by atoms with van der Waals surface area (Å²) in [5.74, 6) is -1.46. The molecule has 0 spiro atoms. The fraction of sp³-hybridized carbons (Fsp3) is 0.471. The molecule has 138 valence electrons. The fourth-order valence-corrected chi connectivity index (χ4v) is 2.62. The lowest BCUT2D eigenvalue weighted by Gasteiger charge is -2.21. The zero-order chi connectivity index (χ0) is 18.8. The molecule has 0 saturated carbocycles. The van der Waals surface area contributed by atoms with Gasteiger partial charge in [0.15, 0.2) is 6.04 Å². The molecule has 0 radical (unpaired) electrons. The Bertz CT molecular complexity index is 608. The fourth-order valence-electron chi connectivity index (χ4n) is 2.15. The summed E-state index contributed by atoms with van der Waals surface area (Å²) < 4.78 is 4.80. The molecule has 0 aliphatic rings. The van der Waals surface area contributed by atoms with Crippen LogP contribution in [0.15, 0.2) is 24.3 Å². The second kappa shape index (κ2) is 10.7. The van der Waals surface area contributed by atoms with Crippen LogP contribution in [-0.2, 0) is 14.3 Å². The molecule has 3 N–H and O–H groups in total. The first-order valence-electron chi connectivity index (χ1n) is 7.77. The standard InChI is InChI=1S/C17H24N2O5S/c1-11-5-4-6-12(9-11)15(20)18-13(7-8-25-3)16(21)19-14(10-24-2)17(22)23/h4-6,9,13-14H,7-8,10H2,1-3H3,(H,18,20)(H,19,21)(H,22,23). The van der Waals surface area contributed by atoms with Crippen molar-refractivity contribution in [2.45, 2.75) is 25.4 Å². The monoisotopic (exact) mass is 368 g/mol. The number of hydrogen-bond acceptors (Lipinski definition) is 5. The lowest BCUT2D eigenvalue weighted by molar-refractivity contribution is -0.143. The Morgan fingerprint density at radius 1 is 1.24 bits per heavy atom.